The smallest absolute Gasteiger partial charge is 0.410 e. The maximum absolute atomic E-state index is 12.0. The molecule has 0 atom stereocenters. The van der Waals surface area contributed by atoms with E-state index in [-0.39, 0.29) is 6.09 Å². The van der Waals surface area contributed by atoms with Crippen LogP contribution in [0.5, 0.6) is 0 Å². The van der Waals surface area contributed by atoms with E-state index in [4.69, 9.17) is 10.00 Å². The number of hydrogen-bond acceptors (Lipinski definition) is 3. The number of amides is 1. The molecule has 0 spiro atoms. The summed E-state index contributed by atoms with van der Waals surface area (Å²) in [5, 5.41) is 8.79. The van der Waals surface area contributed by atoms with Crippen molar-refractivity contribution >= 4 is 12.2 Å². The van der Waals surface area contributed by atoms with Gasteiger partial charge in [0.05, 0.1) is 11.6 Å². The molecular formula is C19H24N2O2. The van der Waals surface area contributed by atoms with E-state index in [2.05, 4.69) is 18.2 Å². The Labute approximate surface area is 138 Å². The Balaban J connectivity index is 1.83. The third kappa shape index (κ3) is 5.45. The van der Waals surface area contributed by atoms with Crippen molar-refractivity contribution in [3.05, 3.63) is 41.5 Å². The maximum Gasteiger partial charge on any atom is 0.410 e. The third-order valence-corrected chi connectivity index (χ3v) is 3.79. The number of hydrogen-bond donors (Lipinski definition) is 0. The third-order valence-electron chi connectivity index (χ3n) is 3.79. The minimum absolute atomic E-state index is 0.216. The quantitative estimate of drug-likeness (QED) is 0.821. The van der Waals surface area contributed by atoms with Crippen LogP contribution < -0.4 is 0 Å². The summed E-state index contributed by atoms with van der Waals surface area (Å²) in [6.45, 7) is 7.13. The van der Waals surface area contributed by atoms with Crippen LogP contribution in [-0.2, 0) is 4.74 Å². The summed E-state index contributed by atoms with van der Waals surface area (Å²) in [5.41, 5.74) is 1.33. The average molecular weight is 312 g/mol. The standard InChI is InChI=1S/C19H24N2O2/c1-19(2,3)23-18(22)21-12-10-16(11-13-21)5-4-15-6-8-17(14-20)9-7-15/h4-9,16H,10-13H2,1-3H3/b5-4+. The fourth-order valence-corrected chi connectivity index (χ4v) is 2.52. The Morgan fingerprint density at radius 3 is 2.39 bits per heavy atom. The molecule has 1 aromatic rings. The number of nitriles is 1. The molecule has 1 aliphatic rings. The van der Waals surface area contributed by atoms with E-state index < -0.39 is 5.60 Å². The van der Waals surface area contributed by atoms with Crippen LogP contribution >= 0.6 is 0 Å². The van der Waals surface area contributed by atoms with Gasteiger partial charge in [0.15, 0.2) is 0 Å². The van der Waals surface area contributed by atoms with E-state index in [9.17, 15) is 4.79 Å². The summed E-state index contributed by atoms with van der Waals surface area (Å²) >= 11 is 0. The van der Waals surface area contributed by atoms with Gasteiger partial charge in [-0.1, -0.05) is 24.3 Å². The lowest BCUT2D eigenvalue weighted by atomic mass is 9.96. The van der Waals surface area contributed by atoms with Gasteiger partial charge in [0.1, 0.15) is 5.60 Å². The highest BCUT2D eigenvalue weighted by Gasteiger charge is 2.25. The minimum atomic E-state index is -0.441. The molecule has 1 fully saturated rings. The molecule has 122 valence electrons. The topological polar surface area (TPSA) is 53.3 Å². The molecule has 4 nitrogen and oxygen atoms in total. The van der Waals surface area contributed by atoms with E-state index in [0.717, 1.165) is 31.5 Å². The zero-order valence-electron chi connectivity index (χ0n) is 14.1. The van der Waals surface area contributed by atoms with Gasteiger partial charge in [-0.25, -0.2) is 4.79 Å². The van der Waals surface area contributed by atoms with Crippen molar-refractivity contribution in [2.75, 3.05) is 13.1 Å². The van der Waals surface area contributed by atoms with Crippen LogP contribution in [0, 0.1) is 17.2 Å². The summed E-state index contributed by atoms with van der Waals surface area (Å²) in [4.78, 5) is 13.8. The molecule has 0 unspecified atom stereocenters. The summed E-state index contributed by atoms with van der Waals surface area (Å²) < 4.78 is 5.41. The molecule has 0 bridgehead atoms. The summed E-state index contributed by atoms with van der Waals surface area (Å²) in [5.74, 6) is 0.476. The van der Waals surface area contributed by atoms with E-state index in [1.54, 1.807) is 4.90 Å². The summed E-state index contributed by atoms with van der Waals surface area (Å²) in [6, 6.07) is 9.66. The zero-order chi connectivity index (χ0) is 16.9. The van der Waals surface area contributed by atoms with Crippen LogP contribution in [0.25, 0.3) is 6.08 Å². The molecule has 0 saturated carbocycles. The Bertz CT molecular complexity index is 598. The van der Waals surface area contributed by atoms with Crippen molar-refractivity contribution in [1.29, 1.82) is 5.26 Å². The monoisotopic (exact) mass is 312 g/mol. The Morgan fingerprint density at radius 2 is 1.87 bits per heavy atom. The maximum atomic E-state index is 12.0. The SMILES string of the molecule is CC(C)(C)OC(=O)N1CCC(/C=C/c2ccc(C#N)cc2)CC1. The second-order valence-corrected chi connectivity index (χ2v) is 6.90. The molecule has 0 N–H and O–H groups in total. The van der Waals surface area contributed by atoms with Crippen LogP contribution in [0.15, 0.2) is 30.3 Å². The van der Waals surface area contributed by atoms with Crippen LogP contribution in [0.2, 0.25) is 0 Å². The van der Waals surface area contributed by atoms with Crippen LogP contribution in [-0.4, -0.2) is 29.7 Å². The van der Waals surface area contributed by atoms with Crippen LogP contribution in [0.3, 0.4) is 0 Å². The fraction of sp³-hybridized carbons (Fsp3) is 0.474. The molecule has 1 aromatic carbocycles. The Kier molecular flexibility index (Phi) is 5.44. The fourth-order valence-electron chi connectivity index (χ4n) is 2.52. The number of ether oxygens (including phenoxy) is 1. The first kappa shape index (κ1) is 17.1. The Morgan fingerprint density at radius 1 is 1.26 bits per heavy atom. The molecular weight excluding hydrogens is 288 g/mol. The van der Waals surface area contributed by atoms with Gasteiger partial charge in [-0.3, -0.25) is 0 Å². The normalized spacial score (nSPS) is 16.3. The van der Waals surface area contributed by atoms with Gasteiger partial charge in [-0.15, -0.1) is 0 Å². The molecule has 1 aliphatic heterocycles. The van der Waals surface area contributed by atoms with Crippen molar-refractivity contribution in [2.24, 2.45) is 5.92 Å². The van der Waals surface area contributed by atoms with Gasteiger partial charge >= 0.3 is 6.09 Å². The highest BCUT2D eigenvalue weighted by atomic mass is 16.6. The lowest BCUT2D eigenvalue weighted by Crippen LogP contribution is -2.41. The number of rotatable bonds is 2. The lowest BCUT2D eigenvalue weighted by molar-refractivity contribution is 0.0197. The van der Waals surface area contributed by atoms with Crippen molar-refractivity contribution in [3.63, 3.8) is 0 Å². The molecule has 0 radical (unpaired) electrons. The van der Waals surface area contributed by atoms with Crippen molar-refractivity contribution in [3.8, 4) is 6.07 Å². The molecule has 1 saturated heterocycles. The van der Waals surface area contributed by atoms with Crippen LogP contribution in [0.4, 0.5) is 4.79 Å². The predicted octanol–water partition coefficient (Wildman–Crippen LogP) is 4.22. The largest absolute Gasteiger partial charge is 0.444 e. The number of piperidine rings is 1. The van der Waals surface area contributed by atoms with E-state index in [1.165, 1.54) is 0 Å². The Hall–Kier alpha value is -2.28. The zero-order valence-corrected chi connectivity index (χ0v) is 14.1. The molecule has 1 heterocycles. The van der Waals surface area contributed by atoms with E-state index in [0.29, 0.717) is 11.5 Å². The van der Waals surface area contributed by atoms with Crippen molar-refractivity contribution in [2.45, 2.75) is 39.2 Å². The van der Waals surface area contributed by atoms with E-state index >= 15 is 0 Å². The molecule has 23 heavy (non-hydrogen) atoms. The van der Waals surface area contributed by atoms with Gasteiger partial charge in [0, 0.05) is 13.1 Å². The molecule has 0 aliphatic carbocycles. The van der Waals surface area contributed by atoms with Gasteiger partial charge in [-0.2, -0.15) is 5.26 Å². The lowest BCUT2D eigenvalue weighted by Gasteiger charge is -2.32. The van der Waals surface area contributed by atoms with E-state index in [1.807, 2.05) is 45.0 Å². The second kappa shape index (κ2) is 7.32. The van der Waals surface area contributed by atoms with Gasteiger partial charge in [0.2, 0.25) is 0 Å². The molecule has 4 heteroatoms. The molecule has 2 rings (SSSR count). The number of likely N-dealkylation sites (tertiary alicyclic amines) is 1. The second-order valence-electron chi connectivity index (χ2n) is 6.90. The van der Waals surface area contributed by atoms with Crippen molar-refractivity contribution < 1.29 is 9.53 Å². The highest BCUT2D eigenvalue weighted by molar-refractivity contribution is 5.68. The van der Waals surface area contributed by atoms with Gasteiger partial charge in [0.25, 0.3) is 0 Å². The number of carbonyl (C=O) groups excluding carboxylic acids is 1. The molecule has 1 amide bonds. The predicted molar refractivity (Wildman–Crippen MR) is 90.7 cm³/mol. The number of carbonyl (C=O) groups is 1. The van der Waals surface area contributed by atoms with Gasteiger partial charge in [-0.05, 0) is 57.2 Å². The van der Waals surface area contributed by atoms with Gasteiger partial charge < -0.3 is 9.64 Å². The first-order chi connectivity index (χ1) is 10.9. The first-order valence-corrected chi connectivity index (χ1v) is 8.04. The number of benzene rings is 1. The minimum Gasteiger partial charge on any atom is -0.444 e. The summed E-state index contributed by atoms with van der Waals surface area (Å²) in [6.07, 6.45) is 5.98. The number of nitrogens with zero attached hydrogens (tertiary/aromatic N) is 2. The molecule has 0 aromatic heterocycles. The first-order valence-electron chi connectivity index (χ1n) is 8.04. The number of allylic oxidation sites excluding steroid dienone is 1. The average Bonchev–Trinajstić information content (AvgIpc) is 2.52. The van der Waals surface area contributed by atoms with Crippen LogP contribution in [0.1, 0.15) is 44.7 Å². The highest BCUT2D eigenvalue weighted by Crippen LogP contribution is 2.21. The van der Waals surface area contributed by atoms with Crippen molar-refractivity contribution in [1.82, 2.24) is 4.90 Å². The summed E-state index contributed by atoms with van der Waals surface area (Å²) in [7, 11) is 0.